The molecule has 150 valence electrons. The maximum absolute atomic E-state index is 12.8. The van der Waals surface area contributed by atoms with Crippen LogP contribution in [0.15, 0.2) is 60.8 Å². The Morgan fingerprint density at radius 3 is 2.66 bits per heavy atom. The molecule has 6 heteroatoms. The van der Waals surface area contributed by atoms with Crippen LogP contribution in [0.5, 0.6) is 0 Å². The van der Waals surface area contributed by atoms with E-state index < -0.39 is 0 Å². The molecule has 0 aliphatic heterocycles. The third kappa shape index (κ3) is 4.17. The lowest BCUT2D eigenvalue weighted by molar-refractivity contribution is -0.122. The van der Waals surface area contributed by atoms with Crippen LogP contribution in [0.25, 0.3) is 21.9 Å². The molecule has 0 aliphatic rings. The molecule has 1 N–H and O–H groups in total. The second kappa shape index (κ2) is 8.74. The number of aryl methyl sites for hydroxylation is 2. The molecule has 0 radical (unpaired) electrons. The maximum atomic E-state index is 12.8. The third-order valence-corrected chi connectivity index (χ3v) is 5.98. The molecule has 5 nitrogen and oxygen atoms in total. The molecule has 0 unspecified atom stereocenters. The molecule has 1 atom stereocenters. The summed E-state index contributed by atoms with van der Waals surface area (Å²) in [7, 11) is 2.02. The predicted octanol–water partition coefficient (Wildman–Crippen LogP) is 4.53. The van der Waals surface area contributed by atoms with Crippen molar-refractivity contribution in [1.82, 2.24) is 19.4 Å². The minimum Gasteiger partial charge on any atom is -0.347 e. The smallest absolute Gasteiger partial charge is 0.222 e. The molecular weight excluding hydrogens is 380 g/mol. The van der Waals surface area contributed by atoms with Gasteiger partial charge in [-0.2, -0.15) is 11.8 Å². The fourth-order valence-corrected chi connectivity index (χ4v) is 4.27. The van der Waals surface area contributed by atoms with E-state index in [0.717, 1.165) is 34.5 Å². The van der Waals surface area contributed by atoms with Crippen LogP contribution >= 0.6 is 11.8 Å². The fraction of sp³-hybridized carbons (Fsp3) is 0.304. The molecule has 0 saturated carbocycles. The number of nitrogens with one attached hydrogen (secondary N) is 1. The summed E-state index contributed by atoms with van der Waals surface area (Å²) < 4.78 is 4.24. The number of thioether (sulfide) groups is 1. The van der Waals surface area contributed by atoms with Gasteiger partial charge in [-0.1, -0.05) is 30.3 Å². The number of hydrogen-bond donors (Lipinski definition) is 1. The van der Waals surface area contributed by atoms with Crippen molar-refractivity contribution in [3.05, 3.63) is 66.6 Å². The monoisotopic (exact) mass is 406 g/mol. The normalized spacial score (nSPS) is 12.5. The van der Waals surface area contributed by atoms with Crippen molar-refractivity contribution in [2.24, 2.45) is 7.05 Å². The zero-order valence-corrected chi connectivity index (χ0v) is 17.7. The topological polar surface area (TPSA) is 51.9 Å². The Hall–Kier alpha value is -2.73. The summed E-state index contributed by atoms with van der Waals surface area (Å²) >= 11 is 1.78. The number of rotatable bonds is 8. The van der Waals surface area contributed by atoms with Gasteiger partial charge in [-0.25, -0.2) is 4.98 Å². The second-order valence-electron chi connectivity index (χ2n) is 7.24. The van der Waals surface area contributed by atoms with Gasteiger partial charge in [0.2, 0.25) is 5.91 Å². The minimum atomic E-state index is -0.0891. The van der Waals surface area contributed by atoms with E-state index in [9.17, 15) is 4.79 Å². The van der Waals surface area contributed by atoms with Gasteiger partial charge < -0.3 is 14.5 Å². The number of carbonyl (C=O) groups is 1. The minimum absolute atomic E-state index is 0.0564. The lowest BCUT2D eigenvalue weighted by atomic mass is 10.2. The van der Waals surface area contributed by atoms with Crippen molar-refractivity contribution < 1.29 is 4.79 Å². The van der Waals surface area contributed by atoms with E-state index in [1.807, 2.05) is 37.4 Å². The molecular formula is C23H26N4OS. The van der Waals surface area contributed by atoms with Gasteiger partial charge in [0.1, 0.15) is 5.82 Å². The van der Waals surface area contributed by atoms with Crippen molar-refractivity contribution in [2.75, 3.05) is 12.0 Å². The SMILES string of the molecule is CSCC[C@@H](NC(=O)CCn1ccc2ccccc21)c1nc2ccccc2n1C. The van der Waals surface area contributed by atoms with E-state index in [-0.39, 0.29) is 11.9 Å². The van der Waals surface area contributed by atoms with Crippen molar-refractivity contribution in [3.63, 3.8) is 0 Å². The van der Waals surface area contributed by atoms with Crippen molar-refractivity contribution in [1.29, 1.82) is 0 Å². The highest BCUT2D eigenvalue weighted by atomic mass is 32.2. The van der Waals surface area contributed by atoms with Gasteiger partial charge in [0.15, 0.2) is 0 Å². The lowest BCUT2D eigenvalue weighted by Crippen LogP contribution is -2.31. The van der Waals surface area contributed by atoms with Crippen LogP contribution in [0.4, 0.5) is 0 Å². The van der Waals surface area contributed by atoms with Crippen LogP contribution in [0.1, 0.15) is 24.7 Å². The van der Waals surface area contributed by atoms with Gasteiger partial charge >= 0.3 is 0 Å². The average Bonchev–Trinajstić information content (AvgIpc) is 3.31. The Balaban J connectivity index is 1.48. The molecule has 0 aliphatic carbocycles. The third-order valence-electron chi connectivity index (χ3n) is 5.34. The van der Waals surface area contributed by atoms with Crippen molar-refractivity contribution in [2.45, 2.75) is 25.4 Å². The molecule has 0 bridgehead atoms. The summed E-state index contributed by atoms with van der Waals surface area (Å²) in [4.78, 5) is 17.6. The number of para-hydroxylation sites is 3. The largest absolute Gasteiger partial charge is 0.347 e. The Morgan fingerprint density at radius 1 is 1.10 bits per heavy atom. The molecule has 4 rings (SSSR count). The maximum Gasteiger partial charge on any atom is 0.222 e. The zero-order chi connectivity index (χ0) is 20.2. The van der Waals surface area contributed by atoms with Crippen LogP contribution in [0.2, 0.25) is 0 Å². The van der Waals surface area contributed by atoms with Gasteiger partial charge in [0.05, 0.1) is 17.1 Å². The quantitative estimate of drug-likeness (QED) is 0.468. The number of imidazole rings is 1. The van der Waals surface area contributed by atoms with Gasteiger partial charge in [0, 0.05) is 31.7 Å². The number of aromatic nitrogens is 3. The Labute approximate surface area is 175 Å². The van der Waals surface area contributed by atoms with Crippen LogP contribution in [-0.4, -0.2) is 32.0 Å². The predicted molar refractivity (Wildman–Crippen MR) is 121 cm³/mol. The number of benzene rings is 2. The molecule has 4 aromatic rings. The van der Waals surface area contributed by atoms with Crippen LogP contribution in [0, 0.1) is 0 Å². The molecule has 2 aromatic heterocycles. The van der Waals surface area contributed by atoms with E-state index in [4.69, 9.17) is 4.98 Å². The summed E-state index contributed by atoms with van der Waals surface area (Å²) in [5.41, 5.74) is 3.21. The number of hydrogen-bond acceptors (Lipinski definition) is 3. The number of nitrogens with zero attached hydrogens (tertiary/aromatic N) is 3. The molecule has 1 amide bonds. The number of amides is 1. The van der Waals surface area contributed by atoms with Gasteiger partial charge in [-0.15, -0.1) is 0 Å². The highest BCUT2D eigenvalue weighted by Gasteiger charge is 2.20. The van der Waals surface area contributed by atoms with E-state index in [1.165, 1.54) is 5.39 Å². The van der Waals surface area contributed by atoms with Gasteiger partial charge in [-0.3, -0.25) is 4.79 Å². The zero-order valence-electron chi connectivity index (χ0n) is 16.8. The number of carbonyl (C=O) groups excluding carboxylic acids is 1. The highest BCUT2D eigenvalue weighted by Crippen LogP contribution is 2.23. The van der Waals surface area contributed by atoms with E-state index in [1.54, 1.807) is 11.8 Å². The molecule has 29 heavy (non-hydrogen) atoms. The molecule has 0 fully saturated rings. The summed E-state index contributed by atoms with van der Waals surface area (Å²) in [5.74, 6) is 1.94. The van der Waals surface area contributed by atoms with E-state index >= 15 is 0 Å². The number of fused-ring (bicyclic) bond motifs is 2. The van der Waals surface area contributed by atoms with E-state index in [0.29, 0.717) is 13.0 Å². The molecule has 2 heterocycles. The summed E-state index contributed by atoms with van der Waals surface area (Å²) in [6, 6.07) is 18.3. The standard InChI is InChI=1S/C23H26N4OS/c1-26-21-10-6-4-8-18(21)25-23(26)19(13-16-29-2)24-22(28)12-15-27-14-11-17-7-3-5-9-20(17)27/h3-11,14,19H,12-13,15-16H2,1-2H3,(H,24,28)/t19-/m1/s1. The fourth-order valence-electron chi connectivity index (χ4n) is 3.80. The second-order valence-corrected chi connectivity index (χ2v) is 8.22. The van der Waals surface area contributed by atoms with Crippen LogP contribution in [0.3, 0.4) is 0 Å². The lowest BCUT2D eigenvalue weighted by Gasteiger charge is -2.18. The first-order chi connectivity index (χ1) is 14.2. The summed E-state index contributed by atoms with van der Waals surface area (Å²) in [5, 5.41) is 4.43. The first-order valence-corrected chi connectivity index (χ1v) is 11.3. The first-order valence-electron chi connectivity index (χ1n) is 9.91. The molecule has 0 saturated heterocycles. The van der Waals surface area contributed by atoms with Gasteiger partial charge in [-0.05, 0) is 48.1 Å². The van der Waals surface area contributed by atoms with Crippen LogP contribution in [-0.2, 0) is 18.4 Å². The average molecular weight is 407 g/mol. The van der Waals surface area contributed by atoms with Crippen molar-refractivity contribution >= 4 is 39.6 Å². The van der Waals surface area contributed by atoms with Gasteiger partial charge in [0.25, 0.3) is 0 Å². The molecule has 0 spiro atoms. The first kappa shape index (κ1) is 19.6. The Kier molecular flexibility index (Phi) is 5.90. The summed E-state index contributed by atoms with van der Waals surface area (Å²) in [6.45, 7) is 0.664. The van der Waals surface area contributed by atoms with E-state index in [2.05, 4.69) is 51.2 Å². The Morgan fingerprint density at radius 2 is 1.86 bits per heavy atom. The summed E-state index contributed by atoms with van der Waals surface area (Å²) in [6.07, 6.45) is 5.44. The van der Waals surface area contributed by atoms with Crippen LogP contribution < -0.4 is 5.32 Å². The van der Waals surface area contributed by atoms with Crippen molar-refractivity contribution in [3.8, 4) is 0 Å². The molecule has 2 aromatic carbocycles. The highest BCUT2D eigenvalue weighted by molar-refractivity contribution is 7.98. The Bertz CT molecular complexity index is 1130.